The molecule has 6 heteroatoms. The number of hydrogen-bond acceptors (Lipinski definition) is 5. The predicted molar refractivity (Wildman–Crippen MR) is 151 cm³/mol. The number of methoxy groups -OCH3 is 1. The molecule has 200 valence electrons. The van der Waals surface area contributed by atoms with Crippen molar-refractivity contribution in [3.05, 3.63) is 90.3 Å². The molecule has 2 atom stereocenters. The van der Waals surface area contributed by atoms with Crippen molar-refractivity contribution in [1.29, 1.82) is 0 Å². The lowest BCUT2D eigenvalue weighted by molar-refractivity contribution is -0.146. The molecular weight excluding hydrogens is 474 g/mol. The number of esters is 1. The number of piperidine rings is 1. The van der Waals surface area contributed by atoms with Crippen LogP contribution >= 0.6 is 0 Å². The SMILES string of the molecule is COC(=O)[C@H](CCCC1CCNCC1)[C@@H](CCc1ccccc1)NC(=O)c1ccc(-c2cccnc2)cc1. The van der Waals surface area contributed by atoms with Gasteiger partial charge in [0.2, 0.25) is 0 Å². The van der Waals surface area contributed by atoms with E-state index in [1.54, 1.807) is 12.4 Å². The predicted octanol–water partition coefficient (Wildman–Crippen LogP) is 5.44. The van der Waals surface area contributed by atoms with Gasteiger partial charge in [-0.1, -0.05) is 61.4 Å². The van der Waals surface area contributed by atoms with E-state index in [-0.39, 0.29) is 23.8 Å². The maximum atomic E-state index is 13.4. The number of nitrogens with zero attached hydrogens (tertiary/aromatic N) is 1. The number of pyridine rings is 1. The first kappa shape index (κ1) is 27.5. The summed E-state index contributed by atoms with van der Waals surface area (Å²) in [6.07, 6.45) is 10.1. The van der Waals surface area contributed by atoms with Gasteiger partial charge in [-0.15, -0.1) is 0 Å². The van der Waals surface area contributed by atoms with Crippen molar-refractivity contribution in [2.75, 3.05) is 20.2 Å². The van der Waals surface area contributed by atoms with Crippen LogP contribution < -0.4 is 10.6 Å². The van der Waals surface area contributed by atoms with Crippen LogP contribution in [0.5, 0.6) is 0 Å². The van der Waals surface area contributed by atoms with Gasteiger partial charge in [0.15, 0.2) is 0 Å². The minimum atomic E-state index is -0.385. The molecule has 1 aromatic heterocycles. The topological polar surface area (TPSA) is 80.3 Å². The summed E-state index contributed by atoms with van der Waals surface area (Å²) in [5, 5.41) is 6.62. The Kier molecular flexibility index (Phi) is 10.5. The van der Waals surface area contributed by atoms with Gasteiger partial charge in [-0.2, -0.15) is 0 Å². The highest BCUT2D eigenvalue weighted by atomic mass is 16.5. The Hall–Kier alpha value is -3.51. The van der Waals surface area contributed by atoms with Crippen molar-refractivity contribution in [2.45, 2.75) is 51.0 Å². The second kappa shape index (κ2) is 14.4. The zero-order chi connectivity index (χ0) is 26.6. The molecule has 0 radical (unpaired) electrons. The van der Waals surface area contributed by atoms with Crippen LogP contribution in [-0.2, 0) is 16.0 Å². The van der Waals surface area contributed by atoms with Gasteiger partial charge in [0.05, 0.1) is 13.0 Å². The summed E-state index contributed by atoms with van der Waals surface area (Å²) in [5.74, 6) is -0.108. The molecule has 6 nitrogen and oxygen atoms in total. The van der Waals surface area contributed by atoms with Crippen molar-refractivity contribution in [1.82, 2.24) is 15.6 Å². The smallest absolute Gasteiger partial charge is 0.310 e. The first-order chi connectivity index (χ1) is 18.6. The molecule has 4 rings (SSSR count). The second-order valence-corrected chi connectivity index (χ2v) is 10.2. The molecule has 2 aromatic carbocycles. The number of carbonyl (C=O) groups is 2. The fourth-order valence-electron chi connectivity index (χ4n) is 5.37. The third-order valence-corrected chi connectivity index (χ3v) is 7.62. The number of amides is 1. The van der Waals surface area contributed by atoms with Crippen LogP contribution in [0.4, 0.5) is 0 Å². The molecule has 1 saturated heterocycles. The van der Waals surface area contributed by atoms with Gasteiger partial charge in [0.1, 0.15) is 0 Å². The van der Waals surface area contributed by atoms with Crippen molar-refractivity contribution >= 4 is 11.9 Å². The Bertz CT molecular complexity index is 1130. The van der Waals surface area contributed by atoms with Gasteiger partial charge in [0, 0.05) is 24.0 Å². The average molecular weight is 514 g/mol. The summed E-state index contributed by atoms with van der Waals surface area (Å²) in [5.41, 5.74) is 3.76. The molecule has 3 aromatic rings. The van der Waals surface area contributed by atoms with E-state index in [1.165, 1.54) is 25.5 Å². The third-order valence-electron chi connectivity index (χ3n) is 7.62. The lowest BCUT2D eigenvalue weighted by atomic mass is 9.86. The van der Waals surface area contributed by atoms with E-state index in [1.807, 2.05) is 54.6 Å². The number of nitrogens with one attached hydrogen (secondary N) is 2. The molecule has 1 aliphatic rings. The number of carbonyl (C=O) groups excluding carboxylic acids is 2. The standard InChI is InChI=1S/C32H39N3O3/c1-38-32(37)29(11-5-9-25-18-21-33-22-19-25)30(17-12-24-7-3-2-4-8-24)35-31(36)27-15-13-26(14-16-27)28-10-6-20-34-23-28/h2-4,6-8,10,13-16,20,23,25,29-30,33H,5,9,11-12,17-19,21-22H2,1H3,(H,35,36)/t29-,30-/m1/s1. The van der Waals surface area contributed by atoms with Crippen LogP contribution in [0.15, 0.2) is 79.1 Å². The van der Waals surface area contributed by atoms with Gasteiger partial charge < -0.3 is 15.4 Å². The monoisotopic (exact) mass is 513 g/mol. The molecular formula is C32H39N3O3. The van der Waals surface area contributed by atoms with E-state index in [0.29, 0.717) is 24.3 Å². The number of rotatable bonds is 12. The summed E-state index contributed by atoms with van der Waals surface area (Å²) in [4.78, 5) is 30.5. The molecule has 0 unspecified atom stereocenters. The van der Waals surface area contributed by atoms with Crippen LogP contribution in [-0.4, -0.2) is 43.1 Å². The van der Waals surface area contributed by atoms with E-state index >= 15 is 0 Å². The zero-order valence-corrected chi connectivity index (χ0v) is 22.3. The minimum absolute atomic E-state index is 0.173. The van der Waals surface area contributed by atoms with E-state index in [0.717, 1.165) is 43.5 Å². The quantitative estimate of drug-likeness (QED) is 0.315. The largest absolute Gasteiger partial charge is 0.469 e. The van der Waals surface area contributed by atoms with Crippen LogP contribution in [0.3, 0.4) is 0 Å². The summed E-state index contributed by atoms with van der Waals surface area (Å²) in [6.45, 7) is 2.14. The van der Waals surface area contributed by atoms with E-state index in [9.17, 15) is 9.59 Å². The Morgan fingerprint density at radius 2 is 1.74 bits per heavy atom. The highest BCUT2D eigenvalue weighted by molar-refractivity contribution is 5.95. The molecule has 38 heavy (non-hydrogen) atoms. The fraction of sp³-hybridized carbons (Fsp3) is 0.406. The van der Waals surface area contributed by atoms with Gasteiger partial charge in [-0.25, -0.2) is 0 Å². The molecule has 1 aliphatic heterocycles. The van der Waals surface area contributed by atoms with Crippen molar-refractivity contribution in [3.63, 3.8) is 0 Å². The minimum Gasteiger partial charge on any atom is -0.469 e. The summed E-state index contributed by atoms with van der Waals surface area (Å²) >= 11 is 0. The Labute approximate surface area is 226 Å². The highest BCUT2D eigenvalue weighted by Gasteiger charge is 2.30. The lowest BCUT2D eigenvalue weighted by Crippen LogP contribution is -2.44. The molecule has 0 aliphatic carbocycles. The van der Waals surface area contributed by atoms with Crippen molar-refractivity contribution in [2.24, 2.45) is 11.8 Å². The van der Waals surface area contributed by atoms with Crippen LogP contribution in [0.25, 0.3) is 11.1 Å². The van der Waals surface area contributed by atoms with Crippen LogP contribution in [0.1, 0.15) is 54.4 Å². The van der Waals surface area contributed by atoms with Crippen LogP contribution in [0, 0.1) is 11.8 Å². The Morgan fingerprint density at radius 3 is 2.42 bits per heavy atom. The fourth-order valence-corrected chi connectivity index (χ4v) is 5.37. The van der Waals surface area contributed by atoms with Crippen LogP contribution in [0.2, 0.25) is 0 Å². The van der Waals surface area contributed by atoms with E-state index in [4.69, 9.17) is 4.74 Å². The number of aryl methyl sites for hydroxylation is 1. The molecule has 1 amide bonds. The maximum absolute atomic E-state index is 13.4. The molecule has 0 bridgehead atoms. The van der Waals surface area contributed by atoms with Gasteiger partial charge in [-0.05, 0) is 86.0 Å². The molecule has 2 heterocycles. The maximum Gasteiger partial charge on any atom is 0.310 e. The molecule has 1 fully saturated rings. The summed E-state index contributed by atoms with van der Waals surface area (Å²) < 4.78 is 5.23. The number of aromatic nitrogens is 1. The van der Waals surface area contributed by atoms with E-state index in [2.05, 4.69) is 27.8 Å². The van der Waals surface area contributed by atoms with Gasteiger partial charge >= 0.3 is 5.97 Å². The number of hydrogen-bond donors (Lipinski definition) is 2. The zero-order valence-electron chi connectivity index (χ0n) is 22.3. The second-order valence-electron chi connectivity index (χ2n) is 10.2. The molecule has 2 N–H and O–H groups in total. The van der Waals surface area contributed by atoms with Gasteiger partial charge in [-0.3, -0.25) is 14.6 Å². The first-order valence-electron chi connectivity index (χ1n) is 13.8. The normalized spacial score (nSPS) is 15.4. The third kappa shape index (κ3) is 7.99. The van der Waals surface area contributed by atoms with Gasteiger partial charge in [0.25, 0.3) is 5.91 Å². The Balaban J connectivity index is 1.46. The molecule has 0 saturated carbocycles. The van der Waals surface area contributed by atoms with Crippen molar-refractivity contribution < 1.29 is 14.3 Å². The van der Waals surface area contributed by atoms with E-state index < -0.39 is 0 Å². The highest BCUT2D eigenvalue weighted by Crippen LogP contribution is 2.25. The Morgan fingerprint density at radius 1 is 0.974 bits per heavy atom. The average Bonchev–Trinajstić information content (AvgIpc) is 2.99. The number of benzene rings is 2. The summed E-state index contributed by atoms with van der Waals surface area (Å²) in [7, 11) is 1.44. The lowest BCUT2D eigenvalue weighted by Gasteiger charge is -2.28. The first-order valence-corrected chi connectivity index (χ1v) is 13.8. The van der Waals surface area contributed by atoms with Crippen molar-refractivity contribution in [3.8, 4) is 11.1 Å². The number of ether oxygens (including phenoxy) is 1. The summed E-state index contributed by atoms with van der Waals surface area (Å²) in [6, 6.07) is 21.3. The molecule has 0 spiro atoms.